The second kappa shape index (κ2) is 10.2. The van der Waals surface area contributed by atoms with Crippen molar-refractivity contribution in [2.24, 2.45) is 11.8 Å². The van der Waals surface area contributed by atoms with Gasteiger partial charge in [0.25, 0.3) is 0 Å². The summed E-state index contributed by atoms with van der Waals surface area (Å²) in [6, 6.07) is 6.20. The molecule has 1 N–H and O–H groups in total. The lowest BCUT2D eigenvalue weighted by Crippen LogP contribution is -2.58. The van der Waals surface area contributed by atoms with Crippen molar-refractivity contribution in [1.82, 2.24) is 15.1 Å². The molecule has 1 saturated carbocycles. The Morgan fingerprint density at radius 1 is 1.14 bits per heavy atom. The second-order valence-corrected chi connectivity index (χ2v) is 8.85. The van der Waals surface area contributed by atoms with Crippen LogP contribution < -0.4 is 5.32 Å². The van der Waals surface area contributed by atoms with Crippen LogP contribution in [0.3, 0.4) is 0 Å². The summed E-state index contributed by atoms with van der Waals surface area (Å²) < 4.78 is 13.4. The minimum absolute atomic E-state index is 0.0307. The van der Waals surface area contributed by atoms with Gasteiger partial charge in [0.1, 0.15) is 5.82 Å². The van der Waals surface area contributed by atoms with Gasteiger partial charge in [0.05, 0.1) is 6.04 Å². The van der Waals surface area contributed by atoms with Crippen LogP contribution in [-0.4, -0.2) is 53.8 Å². The van der Waals surface area contributed by atoms with Crippen LogP contribution in [0.15, 0.2) is 24.3 Å². The van der Waals surface area contributed by atoms with Gasteiger partial charge in [0.2, 0.25) is 11.8 Å². The Bertz CT molecular complexity index is 695. The summed E-state index contributed by atoms with van der Waals surface area (Å²) in [5, 5.41) is 3.03. The zero-order chi connectivity index (χ0) is 20.8. The van der Waals surface area contributed by atoms with Gasteiger partial charge < -0.3 is 10.2 Å². The highest BCUT2D eigenvalue weighted by atomic mass is 19.1. The maximum atomic E-state index is 13.4. The van der Waals surface area contributed by atoms with E-state index in [0.717, 1.165) is 31.5 Å². The maximum absolute atomic E-state index is 13.4. The van der Waals surface area contributed by atoms with Gasteiger partial charge in [-0.1, -0.05) is 38.8 Å². The number of nitrogens with zero attached hydrogens (tertiary/aromatic N) is 2. The van der Waals surface area contributed by atoms with Crippen LogP contribution in [-0.2, 0) is 16.1 Å². The first-order valence-electron chi connectivity index (χ1n) is 11.0. The molecule has 1 aliphatic carbocycles. The molecular formula is C23H34FN3O2. The molecule has 2 aliphatic rings. The molecule has 2 fully saturated rings. The zero-order valence-electron chi connectivity index (χ0n) is 17.7. The van der Waals surface area contributed by atoms with Gasteiger partial charge in [0, 0.05) is 39.1 Å². The Balaban J connectivity index is 1.60. The van der Waals surface area contributed by atoms with Gasteiger partial charge in [0.15, 0.2) is 0 Å². The first kappa shape index (κ1) is 21.8. The summed E-state index contributed by atoms with van der Waals surface area (Å²) in [5.41, 5.74) is 0.771. The Morgan fingerprint density at radius 2 is 1.83 bits per heavy atom. The Kier molecular flexibility index (Phi) is 7.64. The molecule has 1 heterocycles. The largest absolute Gasteiger partial charge is 0.351 e. The third-order valence-electron chi connectivity index (χ3n) is 6.11. The minimum atomic E-state index is -0.286. The Labute approximate surface area is 173 Å². The van der Waals surface area contributed by atoms with Crippen molar-refractivity contribution in [2.45, 2.75) is 58.5 Å². The highest BCUT2D eigenvalue weighted by molar-refractivity contribution is 5.82. The fraction of sp³-hybridized carbons (Fsp3) is 0.652. The number of piperazine rings is 1. The van der Waals surface area contributed by atoms with Gasteiger partial charge in [-0.3, -0.25) is 14.5 Å². The van der Waals surface area contributed by atoms with Crippen LogP contribution in [0.2, 0.25) is 0 Å². The molecule has 5 nitrogen and oxygen atoms in total. The third-order valence-corrected chi connectivity index (χ3v) is 6.11. The van der Waals surface area contributed by atoms with Gasteiger partial charge in [-0.25, -0.2) is 4.39 Å². The number of hydrogen-bond acceptors (Lipinski definition) is 3. The van der Waals surface area contributed by atoms with E-state index in [9.17, 15) is 14.0 Å². The minimum Gasteiger partial charge on any atom is -0.351 e. The van der Waals surface area contributed by atoms with E-state index in [0.29, 0.717) is 37.9 Å². The molecule has 0 aromatic heterocycles. The van der Waals surface area contributed by atoms with E-state index in [-0.39, 0.29) is 23.7 Å². The molecule has 2 amide bonds. The summed E-state index contributed by atoms with van der Waals surface area (Å²) in [4.78, 5) is 29.7. The highest BCUT2D eigenvalue weighted by Crippen LogP contribution is 2.31. The van der Waals surface area contributed by atoms with E-state index in [1.165, 1.54) is 25.0 Å². The molecule has 0 radical (unpaired) electrons. The van der Waals surface area contributed by atoms with Crippen molar-refractivity contribution in [1.29, 1.82) is 0 Å². The lowest BCUT2D eigenvalue weighted by atomic mass is 9.94. The molecule has 0 spiro atoms. The zero-order valence-corrected chi connectivity index (χ0v) is 17.7. The molecule has 29 heavy (non-hydrogen) atoms. The van der Waals surface area contributed by atoms with E-state index in [1.54, 1.807) is 6.07 Å². The first-order chi connectivity index (χ1) is 13.9. The quantitative estimate of drug-likeness (QED) is 0.761. The van der Waals surface area contributed by atoms with E-state index >= 15 is 0 Å². The van der Waals surface area contributed by atoms with Crippen molar-refractivity contribution in [3.05, 3.63) is 35.6 Å². The summed E-state index contributed by atoms with van der Waals surface area (Å²) in [5.74, 6) is 0.683. The summed E-state index contributed by atoms with van der Waals surface area (Å²) >= 11 is 0. The summed E-state index contributed by atoms with van der Waals surface area (Å²) in [6.45, 7) is 7.31. The van der Waals surface area contributed by atoms with Crippen molar-refractivity contribution in [2.75, 3.05) is 26.2 Å². The monoisotopic (exact) mass is 403 g/mol. The van der Waals surface area contributed by atoms with Gasteiger partial charge in [-0.05, 0) is 42.4 Å². The molecule has 1 aliphatic heterocycles. The molecule has 0 bridgehead atoms. The number of hydrogen-bond donors (Lipinski definition) is 1. The molecule has 160 valence electrons. The van der Waals surface area contributed by atoms with E-state index < -0.39 is 0 Å². The Morgan fingerprint density at radius 3 is 2.45 bits per heavy atom. The van der Waals surface area contributed by atoms with Crippen molar-refractivity contribution in [3.63, 3.8) is 0 Å². The molecule has 1 saturated heterocycles. The van der Waals surface area contributed by atoms with Gasteiger partial charge in [-0.15, -0.1) is 0 Å². The number of nitrogens with one attached hydrogen (secondary N) is 1. The third kappa shape index (κ3) is 6.01. The van der Waals surface area contributed by atoms with Gasteiger partial charge in [-0.2, -0.15) is 0 Å². The lowest BCUT2D eigenvalue weighted by molar-refractivity contribution is -0.136. The molecule has 1 aromatic rings. The molecule has 1 aromatic carbocycles. The highest BCUT2D eigenvalue weighted by Gasteiger charge is 2.37. The summed E-state index contributed by atoms with van der Waals surface area (Å²) in [7, 11) is 0. The van der Waals surface area contributed by atoms with Crippen LogP contribution in [0.5, 0.6) is 0 Å². The number of carbonyl (C=O) groups excluding carboxylic acids is 2. The smallest absolute Gasteiger partial charge is 0.237 e. The van der Waals surface area contributed by atoms with Crippen molar-refractivity contribution >= 4 is 11.8 Å². The normalized spacial score (nSPS) is 19.5. The SMILES string of the molecule is CC(C)CC(=O)N1CCN(C(C(=O)NCc2cccc(F)c2)C2CCCC2)CC1. The number of rotatable bonds is 7. The average Bonchev–Trinajstić information content (AvgIpc) is 3.21. The van der Waals surface area contributed by atoms with Gasteiger partial charge >= 0.3 is 0 Å². The van der Waals surface area contributed by atoms with Crippen molar-refractivity contribution < 1.29 is 14.0 Å². The Hall–Kier alpha value is -1.95. The lowest BCUT2D eigenvalue weighted by Gasteiger charge is -2.41. The standard InChI is InChI=1S/C23H34FN3O2/c1-17(2)14-21(28)26-10-12-27(13-11-26)22(19-7-3-4-8-19)23(29)25-16-18-6-5-9-20(24)15-18/h5-6,9,15,17,19,22H,3-4,7-8,10-14,16H2,1-2H3,(H,25,29). The number of halogens is 1. The fourth-order valence-electron chi connectivity index (χ4n) is 4.62. The number of benzene rings is 1. The van der Waals surface area contributed by atoms with Crippen molar-refractivity contribution in [3.8, 4) is 0 Å². The second-order valence-electron chi connectivity index (χ2n) is 8.85. The molecule has 1 unspecified atom stereocenters. The predicted molar refractivity (Wildman–Crippen MR) is 112 cm³/mol. The topological polar surface area (TPSA) is 52.7 Å². The maximum Gasteiger partial charge on any atom is 0.237 e. The van der Waals surface area contributed by atoms with Crippen LogP contribution in [0, 0.1) is 17.7 Å². The fourth-order valence-corrected chi connectivity index (χ4v) is 4.62. The van der Waals surface area contributed by atoms with E-state index in [2.05, 4.69) is 24.1 Å². The number of amides is 2. The van der Waals surface area contributed by atoms with Crippen LogP contribution in [0.4, 0.5) is 4.39 Å². The van der Waals surface area contributed by atoms with Crippen LogP contribution in [0.25, 0.3) is 0 Å². The molecular weight excluding hydrogens is 369 g/mol. The first-order valence-corrected chi connectivity index (χ1v) is 11.0. The van der Waals surface area contributed by atoms with E-state index in [1.807, 2.05) is 11.0 Å². The molecule has 6 heteroatoms. The molecule has 3 rings (SSSR count). The summed E-state index contributed by atoms with van der Waals surface area (Å²) in [6.07, 6.45) is 5.08. The number of carbonyl (C=O) groups is 2. The average molecular weight is 404 g/mol. The van der Waals surface area contributed by atoms with Crippen LogP contribution in [0.1, 0.15) is 51.5 Å². The van der Waals surface area contributed by atoms with Crippen LogP contribution >= 0.6 is 0 Å². The predicted octanol–water partition coefficient (Wildman–Crippen LogP) is 3.19. The molecule has 1 atom stereocenters. The van der Waals surface area contributed by atoms with E-state index in [4.69, 9.17) is 0 Å².